The molecule has 0 amide bonds. The van der Waals surface area contributed by atoms with Crippen molar-refractivity contribution in [1.82, 2.24) is 0 Å². The van der Waals surface area contributed by atoms with Gasteiger partial charge in [-0.1, -0.05) is 24.3 Å². The Hall–Kier alpha value is -1.43. The molecule has 2 atom stereocenters. The monoisotopic (exact) mass is 253 g/mol. The fraction of sp³-hybridized carbons (Fsp3) is 0.462. The Morgan fingerprint density at radius 1 is 1.39 bits per heavy atom. The number of methoxy groups -OCH3 is 1. The van der Waals surface area contributed by atoms with E-state index >= 15 is 0 Å². The summed E-state index contributed by atoms with van der Waals surface area (Å²) in [6.45, 7) is 0.289. The molecule has 0 aliphatic carbocycles. The van der Waals surface area contributed by atoms with Crippen molar-refractivity contribution < 1.29 is 19.7 Å². The number of carbonyl (C=O) groups is 1. The van der Waals surface area contributed by atoms with E-state index in [1.165, 1.54) is 7.11 Å². The fourth-order valence-electron chi connectivity index (χ4n) is 1.75. The molecule has 0 radical (unpaired) electrons. The van der Waals surface area contributed by atoms with Crippen LogP contribution in [0, 0.1) is 0 Å². The molecule has 0 bridgehead atoms. The number of nitrogens with two attached hydrogens (primary N) is 1. The fourth-order valence-corrected chi connectivity index (χ4v) is 1.75. The largest absolute Gasteiger partial charge is 0.469 e. The van der Waals surface area contributed by atoms with Crippen LogP contribution in [0.1, 0.15) is 23.7 Å². The molecule has 1 rings (SSSR count). The SMILES string of the molecule is COC(=O)Cc1ccccc1C(O)C(O)CCN. The van der Waals surface area contributed by atoms with E-state index in [1.807, 2.05) is 0 Å². The predicted octanol–water partition coefficient (Wildman–Crippen LogP) is 0.145. The van der Waals surface area contributed by atoms with Crippen molar-refractivity contribution in [2.45, 2.75) is 25.0 Å². The Morgan fingerprint density at radius 2 is 2.06 bits per heavy atom. The van der Waals surface area contributed by atoms with Crippen molar-refractivity contribution in [2.24, 2.45) is 5.73 Å². The summed E-state index contributed by atoms with van der Waals surface area (Å²) in [5, 5.41) is 19.8. The molecular formula is C13H19NO4. The average molecular weight is 253 g/mol. The molecule has 0 aromatic heterocycles. The first kappa shape index (κ1) is 14.6. The van der Waals surface area contributed by atoms with E-state index in [0.29, 0.717) is 17.5 Å². The van der Waals surface area contributed by atoms with Gasteiger partial charge in [0.1, 0.15) is 6.10 Å². The molecule has 5 heteroatoms. The molecule has 1 aromatic rings. The van der Waals surface area contributed by atoms with E-state index in [0.717, 1.165) is 0 Å². The third kappa shape index (κ3) is 3.80. The first-order chi connectivity index (χ1) is 8.60. The number of benzene rings is 1. The maximum atomic E-state index is 11.3. The number of hydrogen-bond acceptors (Lipinski definition) is 5. The van der Waals surface area contributed by atoms with E-state index in [2.05, 4.69) is 4.74 Å². The molecule has 18 heavy (non-hydrogen) atoms. The molecular weight excluding hydrogens is 234 g/mol. The van der Waals surface area contributed by atoms with Gasteiger partial charge in [-0.15, -0.1) is 0 Å². The third-order valence-electron chi connectivity index (χ3n) is 2.76. The molecule has 5 nitrogen and oxygen atoms in total. The standard InChI is InChI=1S/C13H19NO4/c1-18-12(16)8-9-4-2-3-5-10(9)13(17)11(15)6-7-14/h2-5,11,13,15,17H,6-8,14H2,1H3. The number of hydrogen-bond donors (Lipinski definition) is 3. The summed E-state index contributed by atoms with van der Waals surface area (Å²) in [5.74, 6) is -0.386. The zero-order valence-electron chi connectivity index (χ0n) is 10.4. The summed E-state index contributed by atoms with van der Waals surface area (Å²) >= 11 is 0. The summed E-state index contributed by atoms with van der Waals surface area (Å²) in [4.78, 5) is 11.3. The van der Waals surface area contributed by atoms with Crippen LogP contribution in [-0.4, -0.2) is 35.9 Å². The van der Waals surface area contributed by atoms with Gasteiger partial charge in [0.2, 0.25) is 0 Å². The van der Waals surface area contributed by atoms with E-state index in [-0.39, 0.29) is 18.9 Å². The van der Waals surface area contributed by atoms with E-state index in [1.54, 1.807) is 24.3 Å². The van der Waals surface area contributed by atoms with E-state index in [9.17, 15) is 15.0 Å². The Labute approximate surface area is 106 Å². The lowest BCUT2D eigenvalue weighted by atomic mass is 9.95. The van der Waals surface area contributed by atoms with Crippen LogP contribution in [0.25, 0.3) is 0 Å². The van der Waals surface area contributed by atoms with Gasteiger partial charge in [-0.3, -0.25) is 4.79 Å². The lowest BCUT2D eigenvalue weighted by Gasteiger charge is -2.20. The molecule has 2 unspecified atom stereocenters. The van der Waals surface area contributed by atoms with Crippen LogP contribution >= 0.6 is 0 Å². The minimum absolute atomic E-state index is 0.0685. The topological polar surface area (TPSA) is 92.8 Å². The van der Waals surface area contributed by atoms with Crippen LogP contribution < -0.4 is 5.73 Å². The van der Waals surface area contributed by atoms with Gasteiger partial charge in [-0.2, -0.15) is 0 Å². The Kier molecular flexibility index (Phi) is 5.77. The van der Waals surface area contributed by atoms with Gasteiger partial charge in [-0.25, -0.2) is 0 Å². The van der Waals surface area contributed by atoms with Gasteiger partial charge in [0.15, 0.2) is 0 Å². The van der Waals surface area contributed by atoms with Crippen LogP contribution in [-0.2, 0) is 16.0 Å². The number of rotatable bonds is 6. The van der Waals surface area contributed by atoms with Gasteiger partial charge in [0.25, 0.3) is 0 Å². The second kappa shape index (κ2) is 7.10. The Balaban J connectivity index is 2.90. The Morgan fingerprint density at radius 3 is 2.67 bits per heavy atom. The normalized spacial score (nSPS) is 14.0. The molecule has 1 aromatic carbocycles. The van der Waals surface area contributed by atoms with Crippen LogP contribution in [0.5, 0.6) is 0 Å². The summed E-state index contributed by atoms with van der Waals surface area (Å²) in [6.07, 6.45) is -1.62. The Bertz CT molecular complexity index is 394. The quantitative estimate of drug-likeness (QED) is 0.627. The summed E-state index contributed by atoms with van der Waals surface area (Å²) in [5.41, 5.74) is 6.52. The zero-order chi connectivity index (χ0) is 13.5. The van der Waals surface area contributed by atoms with Crippen LogP contribution in [0.4, 0.5) is 0 Å². The van der Waals surface area contributed by atoms with Gasteiger partial charge < -0.3 is 20.7 Å². The third-order valence-corrected chi connectivity index (χ3v) is 2.76. The number of aliphatic hydroxyl groups excluding tert-OH is 2. The smallest absolute Gasteiger partial charge is 0.309 e. The highest BCUT2D eigenvalue weighted by molar-refractivity contribution is 5.72. The number of aliphatic hydroxyl groups is 2. The summed E-state index contributed by atoms with van der Waals surface area (Å²) < 4.78 is 4.59. The second-order valence-electron chi connectivity index (χ2n) is 4.04. The average Bonchev–Trinajstić information content (AvgIpc) is 2.38. The molecule has 0 saturated carbocycles. The van der Waals surface area contributed by atoms with E-state index < -0.39 is 12.2 Å². The number of ether oxygens (including phenoxy) is 1. The first-order valence-corrected chi connectivity index (χ1v) is 5.81. The zero-order valence-corrected chi connectivity index (χ0v) is 10.4. The molecule has 4 N–H and O–H groups in total. The van der Waals surface area contributed by atoms with Crippen molar-refractivity contribution in [3.05, 3.63) is 35.4 Å². The lowest BCUT2D eigenvalue weighted by molar-refractivity contribution is -0.139. The molecule has 100 valence electrons. The predicted molar refractivity (Wildman–Crippen MR) is 66.8 cm³/mol. The maximum absolute atomic E-state index is 11.3. The maximum Gasteiger partial charge on any atom is 0.309 e. The number of esters is 1. The lowest BCUT2D eigenvalue weighted by Crippen LogP contribution is -2.23. The minimum atomic E-state index is -1.05. The van der Waals surface area contributed by atoms with Gasteiger partial charge in [0, 0.05) is 0 Å². The van der Waals surface area contributed by atoms with Crippen molar-refractivity contribution in [3.63, 3.8) is 0 Å². The highest BCUT2D eigenvalue weighted by Crippen LogP contribution is 2.23. The summed E-state index contributed by atoms with van der Waals surface area (Å²) in [6, 6.07) is 6.92. The first-order valence-electron chi connectivity index (χ1n) is 5.81. The van der Waals surface area contributed by atoms with Crippen molar-refractivity contribution >= 4 is 5.97 Å². The number of carbonyl (C=O) groups excluding carboxylic acids is 1. The van der Waals surface area contributed by atoms with Gasteiger partial charge in [0.05, 0.1) is 19.6 Å². The molecule has 0 heterocycles. The van der Waals surface area contributed by atoms with Crippen LogP contribution in [0.15, 0.2) is 24.3 Å². The molecule has 0 aliphatic rings. The highest BCUT2D eigenvalue weighted by atomic mass is 16.5. The second-order valence-corrected chi connectivity index (χ2v) is 4.04. The molecule has 0 saturated heterocycles. The summed E-state index contributed by atoms with van der Waals surface area (Å²) in [7, 11) is 1.31. The minimum Gasteiger partial charge on any atom is -0.469 e. The highest BCUT2D eigenvalue weighted by Gasteiger charge is 2.21. The van der Waals surface area contributed by atoms with Crippen molar-refractivity contribution in [1.29, 1.82) is 0 Å². The van der Waals surface area contributed by atoms with Crippen molar-refractivity contribution in [2.75, 3.05) is 13.7 Å². The molecule has 0 fully saturated rings. The van der Waals surface area contributed by atoms with Gasteiger partial charge in [-0.05, 0) is 24.1 Å². The van der Waals surface area contributed by atoms with E-state index in [4.69, 9.17) is 5.73 Å². The van der Waals surface area contributed by atoms with Gasteiger partial charge >= 0.3 is 5.97 Å². The van der Waals surface area contributed by atoms with Crippen LogP contribution in [0.3, 0.4) is 0 Å². The molecule has 0 aliphatic heterocycles. The van der Waals surface area contributed by atoms with Crippen LogP contribution in [0.2, 0.25) is 0 Å². The molecule has 0 spiro atoms. The van der Waals surface area contributed by atoms with Crippen molar-refractivity contribution in [3.8, 4) is 0 Å².